The Labute approximate surface area is 236 Å². The minimum absolute atomic E-state index is 0.0121. The summed E-state index contributed by atoms with van der Waals surface area (Å²) in [6.07, 6.45) is 0.0567. The fourth-order valence-corrected chi connectivity index (χ4v) is 6.44. The number of phenolic OH excluding ortho intramolecular Hbond substituents is 1. The lowest BCUT2D eigenvalue weighted by atomic mass is 9.60. The number of para-hydroxylation sites is 1. The van der Waals surface area contributed by atoms with E-state index in [2.05, 4.69) is 5.32 Å². The van der Waals surface area contributed by atoms with Gasteiger partial charge >= 0.3 is 0 Å². The molecule has 0 heterocycles. The first-order chi connectivity index (χ1) is 19.4. The number of aromatic hydroxyl groups is 1. The van der Waals surface area contributed by atoms with E-state index in [0.717, 1.165) is 5.56 Å². The average molecular weight is 564 g/mol. The van der Waals surface area contributed by atoms with Crippen molar-refractivity contribution < 1.29 is 39.5 Å². The van der Waals surface area contributed by atoms with E-state index in [9.17, 15) is 34.8 Å². The maximum atomic E-state index is 14.0. The molecule has 11 heteroatoms. The molecule has 41 heavy (non-hydrogen) atoms. The lowest BCUT2D eigenvalue weighted by Gasteiger charge is -2.46. The topological polar surface area (TPSA) is 183 Å². The molecule has 0 saturated carbocycles. The van der Waals surface area contributed by atoms with Crippen molar-refractivity contribution in [2.45, 2.75) is 38.0 Å². The first kappa shape index (κ1) is 28.2. The Morgan fingerprint density at radius 3 is 2.46 bits per heavy atom. The maximum Gasteiger partial charge on any atom is 0.255 e. The number of amides is 1. The highest BCUT2D eigenvalue weighted by atomic mass is 16.5. The number of hydrogen-bond donors (Lipinski definition) is 6. The van der Waals surface area contributed by atoms with Crippen LogP contribution in [-0.4, -0.2) is 64.7 Å². The van der Waals surface area contributed by atoms with Crippen molar-refractivity contribution in [3.05, 3.63) is 75.3 Å². The van der Waals surface area contributed by atoms with Gasteiger partial charge in [-0.1, -0.05) is 18.2 Å². The number of anilines is 1. The number of primary amides is 1. The number of hydrogen-bond acceptors (Lipinski definition) is 10. The Morgan fingerprint density at radius 1 is 1.12 bits per heavy atom. The van der Waals surface area contributed by atoms with Crippen LogP contribution in [-0.2, 0) is 29.1 Å². The van der Waals surface area contributed by atoms with Gasteiger partial charge in [-0.05, 0) is 36.5 Å². The van der Waals surface area contributed by atoms with Crippen LogP contribution in [0.25, 0.3) is 0 Å². The molecular weight excluding hydrogens is 530 g/mol. The Morgan fingerprint density at radius 2 is 1.80 bits per heavy atom. The van der Waals surface area contributed by atoms with Gasteiger partial charge in [0.25, 0.3) is 5.91 Å². The van der Waals surface area contributed by atoms with Crippen molar-refractivity contribution in [3.63, 3.8) is 0 Å². The minimum Gasteiger partial charge on any atom is -0.511 e. The summed E-state index contributed by atoms with van der Waals surface area (Å²) < 4.78 is 5.39. The van der Waals surface area contributed by atoms with Crippen molar-refractivity contribution in [1.82, 2.24) is 5.32 Å². The second-order valence-electron chi connectivity index (χ2n) is 11.0. The number of rotatable bonds is 7. The highest BCUT2D eigenvalue weighted by molar-refractivity contribution is 6.24. The van der Waals surface area contributed by atoms with E-state index >= 15 is 0 Å². The van der Waals surface area contributed by atoms with Gasteiger partial charge in [0.2, 0.25) is 5.78 Å². The summed E-state index contributed by atoms with van der Waals surface area (Å²) in [5, 5.41) is 47.7. The number of allylic oxidation sites excluding steroid dienone is 2. The van der Waals surface area contributed by atoms with E-state index in [-0.39, 0.29) is 42.7 Å². The molecule has 0 fully saturated rings. The zero-order valence-electron chi connectivity index (χ0n) is 23.0. The number of carbonyl (C=O) groups excluding carboxylic acids is 3. The number of fused-ring (bicyclic) bond motifs is 3. The number of nitrogens with one attached hydrogen (secondary N) is 1. The smallest absolute Gasteiger partial charge is 0.255 e. The van der Waals surface area contributed by atoms with Gasteiger partial charge in [-0.25, -0.2) is 0 Å². The first-order valence-electron chi connectivity index (χ1n) is 13.3. The highest BCUT2D eigenvalue weighted by Gasteiger charge is 2.59. The summed E-state index contributed by atoms with van der Waals surface area (Å²) in [4.78, 5) is 40.8. The number of Topliss-reactive ketones (excluding diaryl/α,β-unsaturated/α-hetero) is 2. The van der Waals surface area contributed by atoms with E-state index in [1.54, 1.807) is 7.11 Å². The number of benzene rings is 2. The van der Waals surface area contributed by atoms with Crippen LogP contribution in [0, 0.1) is 11.8 Å². The third-order valence-corrected chi connectivity index (χ3v) is 8.42. The van der Waals surface area contributed by atoms with Gasteiger partial charge in [0.15, 0.2) is 11.4 Å². The van der Waals surface area contributed by atoms with Crippen molar-refractivity contribution in [2.75, 3.05) is 26.1 Å². The number of carbonyl (C=O) groups is 3. The first-order valence-corrected chi connectivity index (χ1v) is 13.3. The molecule has 3 aliphatic carbocycles. The molecule has 3 aliphatic rings. The maximum absolute atomic E-state index is 14.0. The van der Waals surface area contributed by atoms with E-state index < -0.39 is 52.0 Å². The number of aliphatic hydroxyl groups is 3. The predicted octanol–water partition coefficient (Wildman–Crippen LogP) is 1.94. The van der Waals surface area contributed by atoms with Crippen molar-refractivity contribution in [1.29, 1.82) is 0 Å². The Bertz CT molecular complexity index is 1540. The van der Waals surface area contributed by atoms with E-state index in [0.29, 0.717) is 29.1 Å². The lowest BCUT2D eigenvalue weighted by molar-refractivity contribution is -0.144. The molecule has 216 valence electrons. The Hall–Kier alpha value is -4.35. The molecular formula is C30H33N3O8. The monoisotopic (exact) mass is 563 g/mol. The molecule has 0 spiro atoms. The van der Waals surface area contributed by atoms with Crippen LogP contribution in [0.1, 0.15) is 39.9 Å². The number of ether oxygens (including phenoxy) is 1. The molecule has 2 aromatic carbocycles. The fourth-order valence-electron chi connectivity index (χ4n) is 6.44. The third-order valence-electron chi connectivity index (χ3n) is 8.42. The molecule has 3 atom stereocenters. The summed E-state index contributed by atoms with van der Waals surface area (Å²) >= 11 is 0. The molecule has 2 aromatic rings. The summed E-state index contributed by atoms with van der Waals surface area (Å²) in [7, 11) is 5.22. The third kappa shape index (κ3) is 4.32. The second kappa shape index (κ2) is 10.2. The molecule has 0 bridgehead atoms. The standard InChI is InChI=1S/C30H33N3O8/c1-33(2)19-10-16(13-32-12-14-6-4-5-7-21(14)41-3)25(35)23-18(19)9-15-8-17-11-20(34)24(29(31)39)28(38)30(17,40)27(37)22(15)26(23)36/h4-7,10,15,17,32,34-35,37,40H,8-9,11-13H2,1-3H3,(H2,31,39)/t15-,17+,30+/m1/s1. The van der Waals surface area contributed by atoms with Gasteiger partial charge < -0.3 is 41.1 Å². The van der Waals surface area contributed by atoms with Gasteiger partial charge in [-0.3, -0.25) is 14.4 Å². The molecule has 5 rings (SSSR count). The summed E-state index contributed by atoms with van der Waals surface area (Å²) in [5.74, 6) is -5.72. The summed E-state index contributed by atoms with van der Waals surface area (Å²) in [6.45, 7) is 0.634. The molecule has 0 radical (unpaired) electrons. The fraction of sp³-hybridized carbons (Fsp3) is 0.367. The molecule has 11 nitrogen and oxygen atoms in total. The molecule has 1 amide bonds. The Kier molecular flexibility index (Phi) is 7.04. The number of nitrogens with two attached hydrogens (primary N) is 1. The van der Waals surface area contributed by atoms with Gasteiger partial charge in [0, 0.05) is 61.9 Å². The molecule has 7 N–H and O–H groups in total. The van der Waals surface area contributed by atoms with Crippen LogP contribution in [0.5, 0.6) is 11.5 Å². The van der Waals surface area contributed by atoms with Gasteiger partial charge in [-0.15, -0.1) is 0 Å². The molecule has 0 saturated heterocycles. The zero-order chi connectivity index (χ0) is 29.8. The highest BCUT2D eigenvalue weighted by Crippen LogP contribution is 2.52. The van der Waals surface area contributed by atoms with Crippen LogP contribution in [0.4, 0.5) is 5.69 Å². The normalized spacial score (nSPS) is 23.6. The van der Waals surface area contributed by atoms with Crippen molar-refractivity contribution in [2.24, 2.45) is 17.6 Å². The van der Waals surface area contributed by atoms with Crippen LogP contribution >= 0.6 is 0 Å². The van der Waals surface area contributed by atoms with Crippen molar-refractivity contribution in [3.8, 4) is 11.5 Å². The van der Waals surface area contributed by atoms with Gasteiger partial charge in [-0.2, -0.15) is 0 Å². The summed E-state index contributed by atoms with van der Waals surface area (Å²) in [6, 6.07) is 9.31. The quantitative estimate of drug-likeness (QED) is 0.272. The molecule has 0 aliphatic heterocycles. The largest absolute Gasteiger partial charge is 0.511 e. The van der Waals surface area contributed by atoms with Gasteiger partial charge in [0.1, 0.15) is 28.6 Å². The lowest BCUT2D eigenvalue weighted by Crippen LogP contribution is -2.57. The second-order valence-corrected chi connectivity index (χ2v) is 11.0. The van der Waals surface area contributed by atoms with Crippen LogP contribution in [0.3, 0.4) is 0 Å². The molecule has 0 aromatic heterocycles. The van der Waals surface area contributed by atoms with E-state index in [1.807, 2.05) is 49.3 Å². The van der Waals surface area contributed by atoms with E-state index in [1.165, 1.54) is 0 Å². The predicted molar refractivity (Wildman–Crippen MR) is 149 cm³/mol. The van der Waals surface area contributed by atoms with Crippen LogP contribution < -0.4 is 20.7 Å². The number of methoxy groups -OCH3 is 1. The van der Waals surface area contributed by atoms with E-state index in [4.69, 9.17) is 10.5 Å². The average Bonchev–Trinajstić information content (AvgIpc) is 2.91. The number of nitrogens with zero attached hydrogens (tertiary/aromatic N) is 1. The number of aliphatic hydroxyl groups excluding tert-OH is 2. The van der Waals surface area contributed by atoms with Crippen LogP contribution in [0.2, 0.25) is 0 Å². The number of phenols is 1. The van der Waals surface area contributed by atoms with Crippen LogP contribution in [0.15, 0.2) is 53.0 Å². The van der Waals surface area contributed by atoms with Gasteiger partial charge in [0.05, 0.1) is 12.7 Å². The van der Waals surface area contributed by atoms with Crippen molar-refractivity contribution >= 4 is 23.2 Å². The number of ketones is 2. The SMILES string of the molecule is COc1ccccc1CNCc1cc(N(C)C)c2c(c1O)C(=O)C1=C(O)[C@]3(O)C(=O)C(C(N)=O)=C(O)C[C@@H]3C[C@@H]1C2. The Balaban J connectivity index is 1.55. The minimum atomic E-state index is -2.59. The molecule has 0 unspecified atom stereocenters. The summed E-state index contributed by atoms with van der Waals surface area (Å²) in [5.41, 5.74) is 4.32. The zero-order valence-corrected chi connectivity index (χ0v) is 23.0.